The maximum atomic E-state index is 11.2. The molecule has 0 atom stereocenters. The van der Waals surface area contributed by atoms with Crippen molar-refractivity contribution < 1.29 is 4.79 Å². The van der Waals surface area contributed by atoms with Gasteiger partial charge in [0.25, 0.3) is 0 Å². The molecule has 0 aliphatic carbocycles. The summed E-state index contributed by atoms with van der Waals surface area (Å²) in [5, 5.41) is 8.18. The molecule has 3 heteroatoms. The molecule has 0 saturated carbocycles. The third-order valence-electron chi connectivity index (χ3n) is 2.29. The van der Waals surface area contributed by atoms with Gasteiger partial charge in [-0.1, -0.05) is 30.3 Å². The average molecular weight is 224 g/mol. The quantitative estimate of drug-likeness (QED) is 0.566. The molecular formula is C14H12N2O. The molecule has 0 radical (unpaired) electrons. The van der Waals surface area contributed by atoms with Crippen molar-refractivity contribution in [1.82, 2.24) is 0 Å². The van der Waals surface area contributed by atoms with Crippen LogP contribution in [0.3, 0.4) is 0 Å². The largest absolute Gasteiger partial charge is 0.295 e. The Bertz CT molecular complexity index is 547. The fourth-order valence-electron chi connectivity index (χ4n) is 1.40. The van der Waals surface area contributed by atoms with Gasteiger partial charge in [-0.3, -0.25) is 4.79 Å². The summed E-state index contributed by atoms with van der Waals surface area (Å²) in [5.41, 5.74) is 2.12. The summed E-state index contributed by atoms with van der Waals surface area (Å²) < 4.78 is 0. The predicted molar refractivity (Wildman–Crippen MR) is 67.1 cm³/mol. The second kappa shape index (κ2) is 5.16. The van der Waals surface area contributed by atoms with Crippen molar-refractivity contribution in [2.75, 3.05) is 0 Å². The summed E-state index contributed by atoms with van der Waals surface area (Å²) >= 11 is 0. The van der Waals surface area contributed by atoms with E-state index in [4.69, 9.17) is 0 Å². The molecule has 2 rings (SSSR count). The second-order valence-electron chi connectivity index (χ2n) is 3.64. The van der Waals surface area contributed by atoms with E-state index in [1.807, 2.05) is 36.4 Å². The lowest BCUT2D eigenvalue weighted by atomic mass is 10.1. The molecule has 0 saturated heterocycles. The normalized spacial score (nSPS) is 10.6. The van der Waals surface area contributed by atoms with Gasteiger partial charge in [-0.25, -0.2) is 0 Å². The molecule has 0 aromatic heterocycles. The minimum absolute atomic E-state index is 0.0294. The standard InChI is InChI=1S/C14H12N2O/c1-11(17)12-6-5-9-14(10-12)16-15-13-7-3-2-4-8-13/h2-10H,1H3. The van der Waals surface area contributed by atoms with Crippen LogP contribution in [-0.4, -0.2) is 5.78 Å². The van der Waals surface area contributed by atoms with Crippen LogP contribution in [0.15, 0.2) is 64.8 Å². The number of benzene rings is 2. The molecule has 0 amide bonds. The smallest absolute Gasteiger partial charge is 0.159 e. The first-order valence-electron chi connectivity index (χ1n) is 5.33. The molecule has 0 aliphatic rings. The molecule has 0 aliphatic heterocycles. The van der Waals surface area contributed by atoms with Crippen molar-refractivity contribution >= 4 is 17.2 Å². The zero-order valence-electron chi connectivity index (χ0n) is 9.50. The molecule has 0 heterocycles. The number of nitrogens with zero attached hydrogens (tertiary/aromatic N) is 2. The topological polar surface area (TPSA) is 41.8 Å². The summed E-state index contributed by atoms with van der Waals surface area (Å²) in [6.45, 7) is 1.54. The van der Waals surface area contributed by atoms with Crippen LogP contribution in [0.2, 0.25) is 0 Å². The lowest BCUT2D eigenvalue weighted by molar-refractivity contribution is 0.101. The van der Waals surface area contributed by atoms with Gasteiger partial charge in [-0.15, -0.1) is 0 Å². The molecule has 0 unspecified atom stereocenters. The van der Waals surface area contributed by atoms with E-state index in [2.05, 4.69) is 10.2 Å². The molecule has 84 valence electrons. The summed E-state index contributed by atoms with van der Waals surface area (Å²) in [7, 11) is 0. The van der Waals surface area contributed by atoms with Crippen LogP contribution in [0, 0.1) is 0 Å². The first-order chi connectivity index (χ1) is 8.25. The number of carbonyl (C=O) groups excluding carboxylic acids is 1. The minimum atomic E-state index is 0.0294. The maximum Gasteiger partial charge on any atom is 0.159 e. The van der Waals surface area contributed by atoms with Crippen LogP contribution in [-0.2, 0) is 0 Å². The van der Waals surface area contributed by atoms with Gasteiger partial charge in [0.05, 0.1) is 11.4 Å². The third-order valence-corrected chi connectivity index (χ3v) is 2.29. The maximum absolute atomic E-state index is 11.2. The van der Waals surface area contributed by atoms with E-state index in [-0.39, 0.29) is 5.78 Å². The molecule has 0 N–H and O–H groups in total. The van der Waals surface area contributed by atoms with E-state index in [0.29, 0.717) is 11.3 Å². The number of ketones is 1. The van der Waals surface area contributed by atoms with Crippen molar-refractivity contribution in [2.24, 2.45) is 10.2 Å². The Morgan fingerprint density at radius 2 is 1.53 bits per heavy atom. The molecule has 0 bridgehead atoms. The van der Waals surface area contributed by atoms with Crippen LogP contribution < -0.4 is 0 Å². The highest BCUT2D eigenvalue weighted by molar-refractivity contribution is 5.94. The molecular weight excluding hydrogens is 212 g/mol. The fraction of sp³-hybridized carbons (Fsp3) is 0.0714. The number of azo groups is 1. The van der Waals surface area contributed by atoms with Crippen molar-refractivity contribution in [3.8, 4) is 0 Å². The van der Waals surface area contributed by atoms with Gasteiger partial charge in [0.15, 0.2) is 5.78 Å². The monoisotopic (exact) mass is 224 g/mol. The lowest BCUT2D eigenvalue weighted by Crippen LogP contribution is -1.89. The Balaban J connectivity index is 2.22. The van der Waals surface area contributed by atoms with E-state index < -0.39 is 0 Å². The molecule has 3 nitrogen and oxygen atoms in total. The summed E-state index contributed by atoms with van der Waals surface area (Å²) in [6, 6.07) is 16.6. The molecule has 2 aromatic rings. The van der Waals surface area contributed by atoms with E-state index in [9.17, 15) is 4.79 Å². The predicted octanol–water partition coefficient (Wildman–Crippen LogP) is 4.30. The Morgan fingerprint density at radius 1 is 0.882 bits per heavy atom. The minimum Gasteiger partial charge on any atom is -0.295 e. The number of Topliss-reactive ketones (excluding diaryl/α,β-unsaturated/α-hetero) is 1. The average Bonchev–Trinajstić information content (AvgIpc) is 2.38. The zero-order valence-corrected chi connectivity index (χ0v) is 9.50. The second-order valence-corrected chi connectivity index (χ2v) is 3.64. The first-order valence-corrected chi connectivity index (χ1v) is 5.33. The number of rotatable bonds is 3. The van der Waals surface area contributed by atoms with E-state index >= 15 is 0 Å². The molecule has 2 aromatic carbocycles. The van der Waals surface area contributed by atoms with Gasteiger partial charge < -0.3 is 0 Å². The van der Waals surface area contributed by atoms with Gasteiger partial charge in [0.1, 0.15) is 0 Å². The molecule has 17 heavy (non-hydrogen) atoms. The SMILES string of the molecule is CC(=O)c1cccc(N=Nc2ccccc2)c1. The van der Waals surface area contributed by atoms with Crippen LogP contribution in [0.1, 0.15) is 17.3 Å². The summed E-state index contributed by atoms with van der Waals surface area (Å²) in [4.78, 5) is 11.2. The van der Waals surface area contributed by atoms with Gasteiger partial charge in [-0.05, 0) is 31.2 Å². The van der Waals surface area contributed by atoms with Crippen molar-refractivity contribution in [1.29, 1.82) is 0 Å². The van der Waals surface area contributed by atoms with Crippen LogP contribution in [0.25, 0.3) is 0 Å². The zero-order chi connectivity index (χ0) is 12.1. The first kappa shape index (κ1) is 11.2. The van der Waals surface area contributed by atoms with Gasteiger partial charge in [0, 0.05) is 5.56 Å². The third kappa shape index (κ3) is 3.08. The molecule has 0 fully saturated rings. The van der Waals surface area contributed by atoms with Crippen LogP contribution in [0.5, 0.6) is 0 Å². The Kier molecular flexibility index (Phi) is 3.40. The van der Waals surface area contributed by atoms with Gasteiger partial charge in [0.2, 0.25) is 0 Å². The number of hydrogen-bond donors (Lipinski definition) is 0. The fourth-order valence-corrected chi connectivity index (χ4v) is 1.40. The van der Waals surface area contributed by atoms with Crippen molar-refractivity contribution in [3.05, 3.63) is 60.2 Å². The van der Waals surface area contributed by atoms with Crippen molar-refractivity contribution in [3.63, 3.8) is 0 Å². The highest BCUT2D eigenvalue weighted by atomic mass is 16.1. The highest BCUT2D eigenvalue weighted by Crippen LogP contribution is 2.18. The van der Waals surface area contributed by atoms with E-state index in [0.717, 1.165) is 5.69 Å². The Morgan fingerprint density at radius 3 is 2.24 bits per heavy atom. The number of carbonyl (C=O) groups is 1. The lowest BCUT2D eigenvalue weighted by Gasteiger charge is -1.96. The van der Waals surface area contributed by atoms with Crippen LogP contribution in [0.4, 0.5) is 11.4 Å². The van der Waals surface area contributed by atoms with Crippen LogP contribution >= 0.6 is 0 Å². The van der Waals surface area contributed by atoms with E-state index in [1.165, 1.54) is 6.92 Å². The summed E-state index contributed by atoms with van der Waals surface area (Å²) in [5.74, 6) is 0.0294. The highest BCUT2D eigenvalue weighted by Gasteiger charge is 1.99. The number of hydrogen-bond acceptors (Lipinski definition) is 3. The Labute approximate surface area is 99.8 Å². The molecule has 0 spiro atoms. The van der Waals surface area contributed by atoms with Gasteiger partial charge >= 0.3 is 0 Å². The van der Waals surface area contributed by atoms with Gasteiger partial charge in [-0.2, -0.15) is 10.2 Å². The van der Waals surface area contributed by atoms with E-state index in [1.54, 1.807) is 18.2 Å². The Hall–Kier alpha value is -2.29. The van der Waals surface area contributed by atoms with Crippen molar-refractivity contribution in [2.45, 2.75) is 6.92 Å². The summed E-state index contributed by atoms with van der Waals surface area (Å²) in [6.07, 6.45) is 0.